The Hall–Kier alpha value is -2.06. The molecule has 1 unspecified atom stereocenters. The number of fused-ring (bicyclic) bond motifs is 1. The highest BCUT2D eigenvalue weighted by molar-refractivity contribution is 5.76. The van der Waals surface area contributed by atoms with E-state index >= 15 is 0 Å². The van der Waals surface area contributed by atoms with Crippen LogP contribution in [0.5, 0.6) is 0 Å². The van der Waals surface area contributed by atoms with E-state index in [1.54, 1.807) is 0 Å². The van der Waals surface area contributed by atoms with Crippen molar-refractivity contribution >= 4 is 17.1 Å². The van der Waals surface area contributed by atoms with E-state index in [1.165, 1.54) is 4.90 Å². The molecule has 0 radical (unpaired) electrons. The second kappa shape index (κ2) is 7.32. The molecule has 2 saturated heterocycles. The smallest absolute Gasteiger partial charge is 0.394 e. The summed E-state index contributed by atoms with van der Waals surface area (Å²) in [5.41, 5.74) is -1.96. The highest BCUT2D eigenvalue weighted by Gasteiger charge is 2.45. The summed E-state index contributed by atoms with van der Waals surface area (Å²) in [6.45, 7) is -0.0105. The molecular formula is C16H20F3N5O5. The molecule has 0 amide bonds. The van der Waals surface area contributed by atoms with Crippen molar-refractivity contribution in [2.75, 3.05) is 24.6 Å². The topological polar surface area (TPSA) is 137 Å². The van der Waals surface area contributed by atoms with Gasteiger partial charge in [0.1, 0.15) is 23.8 Å². The number of nitrogens with zero attached hydrogens (tertiary/aromatic N) is 5. The fourth-order valence-electron chi connectivity index (χ4n) is 3.61. The molecular weight excluding hydrogens is 399 g/mol. The molecule has 29 heavy (non-hydrogen) atoms. The molecule has 0 aromatic carbocycles. The van der Waals surface area contributed by atoms with Crippen molar-refractivity contribution in [1.82, 2.24) is 19.5 Å². The monoisotopic (exact) mass is 419 g/mol. The van der Waals surface area contributed by atoms with Crippen molar-refractivity contribution in [2.45, 2.75) is 49.7 Å². The molecule has 2 fully saturated rings. The van der Waals surface area contributed by atoms with Crippen LogP contribution in [0.3, 0.4) is 0 Å². The first-order chi connectivity index (χ1) is 13.7. The normalized spacial score (nSPS) is 29.1. The number of aliphatic hydroxyl groups is 4. The lowest BCUT2D eigenvalue weighted by atomic mass is 10.1. The zero-order valence-corrected chi connectivity index (χ0v) is 15.1. The predicted molar refractivity (Wildman–Crippen MR) is 90.8 cm³/mol. The molecule has 2 aromatic rings. The molecule has 13 heteroatoms. The standard InChI is InChI=1S/C16H20F3N5O5/c17-16(18,19)12-9-13(22-15(21-12)23-3-1-7(26)2-4-23)24(6-20-9)14-11(28)10(27)8(5-25)29-14/h6-8,10-11,14,25-28H,1-5H2/t8-,10-,11-,14?/m1/s1. The van der Waals surface area contributed by atoms with Crippen LogP contribution in [-0.4, -0.2) is 84.1 Å². The van der Waals surface area contributed by atoms with Crippen LogP contribution in [0.25, 0.3) is 11.2 Å². The first-order valence-electron chi connectivity index (χ1n) is 9.08. The maximum atomic E-state index is 13.6. The summed E-state index contributed by atoms with van der Waals surface area (Å²) >= 11 is 0. The molecule has 0 aliphatic carbocycles. The molecule has 160 valence electrons. The van der Waals surface area contributed by atoms with Crippen LogP contribution in [0, 0.1) is 0 Å². The number of aromatic nitrogens is 4. The minimum atomic E-state index is -4.80. The Morgan fingerprint density at radius 1 is 1.10 bits per heavy atom. The summed E-state index contributed by atoms with van der Waals surface area (Å²) in [6.07, 6.45) is -8.85. The van der Waals surface area contributed by atoms with Crippen molar-refractivity contribution in [3.63, 3.8) is 0 Å². The van der Waals surface area contributed by atoms with Crippen LogP contribution in [-0.2, 0) is 10.9 Å². The second-order valence-electron chi connectivity index (χ2n) is 7.14. The minimum absolute atomic E-state index is 0.176. The Kier molecular flexibility index (Phi) is 5.11. The molecule has 0 spiro atoms. The third-order valence-corrected chi connectivity index (χ3v) is 5.22. The highest BCUT2D eigenvalue weighted by atomic mass is 19.4. The number of ether oxygens (including phenoxy) is 1. The number of hydrogen-bond donors (Lipinski definition) is 4. The van der Waals surface area contributed by atoms with Gasteiger partial charge in [-0.1, -0.05) is 0 Å². The van der Waals surface area contributed by atoms with Crippen molar-refractivity contribution in [3.8, 4) is 0 Å². The fourth-order valence-corrected chi connectivity index (χ4v) is 3.61. The van der Waals surface area contributed by atoms with Crippen LogP contribution in [0.4, 0.5) is 19.1 Å². The molecule has 2 aromatic heterocycles. The zero-order valence-electron chi connectivity index (χ0n) is 15.1. The van der Waals surface area contributed by atoms with E-state index in [1.807, 2.05) is 0 Å². The van der Waals surface area contributed by atoms with Gasteiger partial charge in [0.2, 0.25) is 5.95 Å². The first kappa shape index (κ1) is 20.2. The summed E-state index contributed by atoms with van der Waals surface area (Å²) in [7, 11) is 0. The van der Waals surface area contributed by atoms with Gasteiger partial charge >= 0.3 is 6.18 Å². The van der Waals surface area contributed by atoms with Crippen LogP contribution in [0.1, 0.15) is 24.8 Å². The van der Waals surface area contributed by atoms with E-state index in [2.05, 4.69) is 15.0 Å². The lowest BCUT2D eigenvalue weighted by Crippen LogP contribution is -2.37. The van der Waals surface area contributed by atoms with Gasteiger partial charge in [0.05, 0.1) is 19.0 Å². The molecule has 4 N–H and O–H groups in total. The van der Waals surface area contributed by atoms with Gasteiger partial charge < -0.3 is 30.1 Å². The van der Waals surface area contributed by atoms with Gasteiger partial charge in [0.25, 0.3) is 0 Å². The number of imidazole rings is 1. The third-order valence-electron chi connectivity index (χ3n) is 5.22. The van der Waals surface area contributed by atoms with E-state index in [0.717, 1.165) is 10.9 Å². The number of alkyl halides is 3. The van der Waals surface area contributed by atoms with Crippen molar-refractivity contribution in [1.29, 1.82) is 0 Å². The largest absolute Gasteiger partial charge is 0.435 e. The van der Waals surface area contributed by atoms with Crippen LogP contribution in [0.2, 0.25) is 0 Å². The minimum Gasteiger partial charge on any atom is -0.394 e. The number of anilines is 1. The summed E-state index contributed by atoms with van der Waals surface area (Å²) < 4.78 is 47.3. The van der Waals surface area contributed by atoms with E-state index in [0.29, 0.717) is 12.8 Å². The summed E-state index contributed by atoms with van der Waals surface area (Å²) in [5.74, 6) is -0.176. The molecule has 4 rings (SSSR count). The average Bonchev–Trinajstić information content (AvgIpc) is 3.22. The second-order valence-corrected chi connectivity index (χ2v) is 7.14. The van der Waals surface area contributed by atoms with Crippen molar-refractivity contribution in [3.05, 3.63) is 12.0 Å². The number of halogens is 3. The van der Waals surface area contributed by atoms with Gasteiger partial charge in [-0.15, -0.1) is 0 Å². The quantitative estimate of drug-likeness (QED) is 0.515. The summed E-state index contributed by atoms with van der Waals surface area (Å²) in [5, 5.41) is 39.1. The Morgan fingerprint density at radius 2 is 1.79 bits per heavy atom. The van der Waals surface area contributed by atoms with E-state index in [4.69, 9.17) is 4.74 Å². The predicted octanol–water partition coefficient (Wildman–Crippen LogP) is -0.582. The van der Waals surface area contributed by atoms with Crippen molar-refractivity contribution < 1.29 is 38.3 Å². The SMILES string of the molecule is OC[C@H]1OC(n2cnc3c(C(F)(F)F)nc(N4CCC(O)CC4)nc32)[C@H](O)[C@@H]1O. The molecule has 0 saturated carbocycles. The summed E-state index contributed by atoms with van der Waals surface area (Å²) in [4.78, 5) is 13.2. The lowest BCUT2D eigenvalue weighted by molar-refractivity contribution is -0.139. The van der Waals surface area contributed by atoms with Crippen molar-refractivity contribution in [2.24, 2.45) is 0 Å². The van der Waals surface area contributed by atoms with Crippen LogP contribution < -0.4 is 4.90 Å². The molecule has 4 atom stereocenters. The van der Waals surface area contributed by atoms with Gasteiger partial charge in [0.15, 0.2) is 17.6 Å². The Bertz CT molecular complexity index is 886. The number of rotatable bonds is 3. The van der Waals surface area contributed by atoms with Gasteiger partial charge in [-0.2, -0.15) is 18.2 Å². The molecule has 2 aliphatic heterocycles. The Labute approximate surface area is 162 Å². The number of hydrogen-bond acceptors (Lipinski definition) is 9. The van der Waals surface area contributed by atoms with Gasteiger partial charge in [0, 0.05) is 13.1 Å². The molecule has 4 heterocycles. The van der Waals surface area contributed by atoms with Gasteiger partial charge in [-0.25, -0.2) is 9.97 Å². The lowest BCUT2D eigenvalue weighted by Gasteiger charge is -2.30. The van der Waals surface area contributed by atoms with E-state index in [-0.39, 0.29) is 24.7 Å². The average molecular weight is 419 g/mol. The molecule has 0 bridgehead atoms. The summed E-state index contributed by atoms with van der Waals surface area (Å²) in [6, 6.07) is 0. The number of piperidine rings is 1. The van der Waals surface area contributed by atoms with Crippen LogP contribution >= 0.6 is 0 Å². The maximum Gasteiger partial charge on any atom is 0.435 e. The molecule has 2 aliphatic rings. The maximum absolute atomic E-state index is 13.6. The zero-order chi connectivity index (χ0) is 20.9. The van der Waals surface area contributed by atoms with E-state index in [9.17, 15) is 33.6 Å². The highest BCUT2D eigenvalue weighted by Crippen LogP contribution is 2.37. The van der Waals surface area contributed by atoms with E-state index < -0.39 is 54.6 Å². The van der Waals surface area contributed by atoms with Gasteiger partial charge in [-0.3, -0.25) is 4.57 Å². The third kappa shape index (κ3) is 3.53. The Balaban J connectivity index is 1.80. The van der Waals surface area contributed by atoms with Gasteiger partial charge in [-0.05, 0) is 12.8 Å². The molecule has 10 nitrogen and oxygen atoms in total. The fraction of sp³-hybridized carbons (Fsp3) is 0.688. The first-order valence-corrected chi connectivity index (χ1v) is 9.08. The number of aliphatic hydroxyl groups excluding tert-OH is 4. The van der Waals surface area contributed by atoms with Crippen LogP contribution in [0.15, 0.2) is 6.33 Å². The Morgan fingerprint density at radius 3 is 2.38 bits per heavy atom.